The fourth-order valence-corrected chi connectivity index (χ4v) is 5.20. The molecule has 0 aromatic heterocycles. The van der Waals surface area contributed by atoms with Crippen LogP contribution >= 0.6 is 0 Å². The molecule has 1 aliphatic rings. The molecule has 0 radical (unpaired) electrons. The van der Waals surface area contributed by atoms with Crippen molar-refractivity contribution in [3.63, 3.8) is 0 Å². The number of methoxy groups -OCH3 is 1. The lowest BCUT2D eigenvalue weighted by molar-refractivity contribution is -0.0628. The third-order valence-corrected chi connectivity index (χ3v) is 12.4. The average molecular weight is 583 g/mol. The molecule has 1 aromatic rings. The molecule has 0 unspecified atom stereocenters. The summed E-state index contributed by atoms with van der Waals surface area (Å²) < 4.78 is 89.9. The molecule has 38 heavy (non-hydrogen) atoms. The lowest BCUT2D eigenvalue weighted by atomic mass is 9.99. The van der Waals surface area contributed by atoms with Crippen LogP contribution in [0.3, 0.4) is 0 Å². The second-order valence-corrected chi connectivity index (χ2v) is 17.5. The first-order chi connectivity index (χ1) is 17.4. The number of hydrogen-bond acceptors (Lipinski definition) is 7. The molecule has 1 heterocycles. The van der Waals surface area contributed by atoms with Crippen LogP contribution in [0.15, 0.2) is 36.1 Å². The van der Waals surface area contributed by atoms with E-state index < -0.39 is 30.0 Å². The maximum atomic E-state index is 13.0. The number of alkyl halides is 3. The summed E-state index contributed by atoms with van der Waals surface area (Å²) in [6, 6.07) is 7.56. The topological polar surface area (TPSA) is 80.3 Å². The first-order valence-corrected chi connectivity index (χ1v) is 17.0. The zero-order chi connectivity index (χ0) is 28.8. The Kier molecular flexibility index (Phi) is 11.3. The first kappa shape index (κ1) is 32.6. The SMILES string of the molecule is COc1ccc(COC[C@H](C)C[C@@H]2CC=C(OS(=O)(=O)C(F)(F)F)[C@@H](CCO[Si](C)(C)C(C)(C)C)O2)cc1. The van der Waals surface area contributed by atoms with E-state index >= 15 is 0 Å². The summed E-state index contributed by atoms with van der Waals surface area (Å²) in [6.45, 7) is 13.5. The van der Waals surface area contributed by atoms with Gasteiger partial charge in [0.2, 0.25) is 0 Å². The van der Waals surface area contributed by atoms with Crippen LogP contribution in [0.2, 0.25) is 18.1 Å². The van der Waals surface area contributed by atoms with Crippen molar-refractivity contribution in [1.29, 1.82) is 0 Å². The van der Waals surface area contributed by atoms with Gasteiger partial charge in [-0.2, -0.15) is 21.6 Å². The molecule has 0 aliphatic carbocycles. The highest BCUT2D eigenvalue weighted by molar-refractivity contribution is 7.87. The van der Waals surface area contributed by atoms with Crippen molar-refractivity contribution in [1.82, 2.24) is 0 Å². The van der Waals surface area contributed by atoms with Crippen molar-refractivity contribution in [3.8, 4) is 5.75 Å². The Labute approximate surface area is 225 Å². The summed E-state index contributed by atoms with van der Waals surface area (Å²) in [7, 11) is -6.31. The monoisotopic (exact) mass is 582 g/mol. The third-order valence-electron chi connectivity index (χ3n) is 6.89. The van der Waals surface area contributed by atoms with Crippen molar-refractivity contribution in [3.05, 3.63) is 41.7 Å². The van der Waals surface area contributed by atoms with Crippen LogP contribution in [0.25, 0.3) is 0 Å². The van der Waals surface area contributed by atoms with Gasteiger partial charge in [-0.15, -0.1) is 0 Å². The van der Waals surface area contributed by atoms with Crippen LogP contribution in [0, 0.1) is 5.92 Å². The molecule has 0 spiro atoms. The standard InChI is InChI=1S/C26H41F3O7SSi/c1-19(17-33-18-20-8-10-21(32-5)11-9-20)16-22-12-13-24(36-37(30,31)26(27,28)29)23(35-22)14-15-34-38(6,7)25(2,3)4/h8-11,13,19,22-23H,12,14-18H2,1-7H3/t19-,22+,23-/m1/s1. The Morgan fingerprint density at radius 2 is 1.76 bits per heavy atom. The van der Waals surface area contributed by atoms with Gasteiger partial charge < -0.3 is 22.8 Å². The predicted octanol–water partition coefficient (Wildman–Crippen LogP) is 6.56. The predicted molar refractivity (Wildman–Crippen MR) is 142 cm³/mol. The van der Waals surface area contributed by atoms with Crippen molar-refractivity contribution < 1.29 is 44.4 Å². The highest BCUT2D eigenvalue weighted by atomic mass is 32.2. The molecule has 7 nitrogen and oxygen atoms in total. The van der Waals surface area contributed by atoms with E-state index in [0.29, 0.717) is 19.6 Å². The number of benzene rings is 1. The lowest BCUT2D eigenvalue weighted by Gasteiger charge is -2.37. The van der Waals surface area contributed by atoms with Crippen molar-refractivity contribution in [2.24, 2.45) is 5.92 Å². The molecule has 0 saturated carbocycles. The summed E-state index contributed by atoms with van der Waals surface area (Å²) in [5, 5.41) is -0.0565. The van der Waals surface area contributed by atoms with E-state index in [2.05, 4.69) is 38.0 Å². The molecule has 3 atom stereocenters. The molecule has 0 fully saturated rings. The van der Waals surface area contributed by atoms with E-state index in [1.165, 1.54) is 6.08 Å². The van der Waals surface area contributed by atoms with E-state index in [1.54, 1.807) is 7.11 Å². The quantitative estimate of drug-likeness (QED) is 0.148. The maximum Gasteiger partial charge on any atom is 0.534 e. The summed E-state index contributed by atoms with van der Waals surface area (Å²) in [4.78, 5) is 0. The van der Waals surface area contributed by atoms with Crippen LogP contribution in [-0.2, 0) is 34.8 Å². The van der Waals surface area contributed by atoms with Gasteiger partial charge in [0, 0.05) is 19.6 Å². The molecule has 1 aliphatic heterocycles. The summed E-state index contributed by atoms with van der Waals surface area (Å²) in [5.41, 5.74) is -4.52. The number of halogens is 3. The minimum Gasteiger partial charge on any atom is -0.497 e. The van der Waals surface area contributed by atoms with Gasteiger partial charge in [-0.25, -0.2) is 0 Å². The van der Waals surface area contributed by atoms with Crippen LogP contribution in [0.1, 0.15) is 52.5 Å². The number of hydrogen-bond donors (Lipinski definition) is 0. The largest absolute Gasteiger partial charge is 0.534 e. The lowest BCUT2D eigenvalue weighted by Crippen LogP contribution is -2.42. The Hall–Kier alpha value is -1.60. The first-order valence-electron chi connectivity index (χ1n) is 12.7. The third kappa shape index (κ3) is 9.55. The van der Waals surface area contributed by atoms with E-state index in [-0.39, 0.29) is 42.3 Å². The molecule has 0 saturated heterocycles. The van der Waals surface area contributed by atoms with E-state index in [0.717, 1.165) is 11.3 Å². The van der Waals surface area contributed by atoms with Gasteiger partial charge in [-0.05, 0) is 60.7 Å². The molecule has 1 aromatic carbocycles. The van der Waals surface area contributed by atoms with Gasteiger partial charge in [0.05, 0.1) is 19.8 Å². The number of ether oxygens (including phenoxy) is 3. The van der Waals surface area contributed by atoms with E-state index in [1.807, 2.05) is 31.2 Å². The minimum atomic E-state index is -5.80. The zero-order valence-electron chi connectivity index (χ0n) is 23.3. The Morgan fingerprint density at radius 3 is 2.32 bits per heavy atom. The Morgan fingerprint density at radius 1 is 1.13 bits per heavy atom. The van der Waals surface area contributed by atoms with Crippen LogP contribution < -0.4 is 4.74 Å². The van der Waals surface area contributed by atoms with Crippen LogP contribution in [0.4, 0.5) is 13.2 Å². The van der Waals surface area contributed by atoms with Gasteiger partial charge in [0.25, 0.3) is 0 Å². The van der Waals surface area contributed by atoms with Gasteiger partial charge in [0.15, 0.2) is 8.32 Å². The van der Waals surface area contributed by atoms with E-state index in [9.17, 15) is 21.6 Å². The summed E-state index contributed by atoms with van der Waals surface area (Å²) >= 11 is 0. The van der Waals surface area contributed by atoms with Crippen LogP contribution in [-0.4, -0.2) is 54.8 Å². The van der Waals surface area contributed by atoms with Crippen molar-refractivity contribution in [2.45, 2.75) is 89.4 Å². The Bertz CT molecular complexity index is 1020. The second-order valence-electron chi connectivity index (χ2n) is 11.2. The normalized spacial score (nSPS) is 20.1. The molecule has 2 rings (SSSR count). The fraction of sp³-hybridized carbons (Fsp3) is 0.692. The average Bonchev–Trinajstić information content (AvgIpc) is 2.79. The van der Waals surface area contributed by atoms with Gasteiger partial charge in [0.1, 0.15) is 17.6 Å². The smallest absolute Gasteiger partial charge is 0.497 e. The van der Waals surface area contributed by atoms with Gasteiger partial charge >= 0.3 is 15.6 Å². The molecule has 0 N–H and O–H groups in total. The molecule has 0 amide bonds. The molecule has 12 heteroatoms. The summed E-state index contributed by atoms with van der Waals surface area (Å²) in [5.74, 6) is 0.512. The molecular formula is C26H41F3O7SSi. The zero-order valence-corrected chi connectivity index (χ0v) is 25.1. The molecular weight excluding hydrogens is 541 g/mol. The Balaban J connectivity index is 2.00. The van der Waals surface area contributed by atoms with Gasteiger partial charge in [-0.3, -0.25) is 0 Å². The van der Waals surface area contributed by atoms with Crippen LogP contribution in [0.5, 0.6) is 5.75 Å². The summed E-state index contributed by atoms with van der Waals surface area (Å²) in [6.07, 6.45) is 1.07. The minimum absolute atomic E-state index is 0.0565. The maximum absolute atomic E-state index is 13.0. The second kappa shape index (κ2) is 13.2. The molecule has 218 valence electrons. The highest BCUT2D eigenvalue weighted by Crippen LogP contribution is 2.37. The van der Waals surface area contributed by atoms with Gasteiger partial charge in [-0.1, -0.05) is 39.8 Å². The van der Waals surface area contributed by atoms with E-state index in [4.69, 9.17) is 18.6 Å². The number of rotatable bonds is 13. The highest BCUT2D eigenvalue weighted by Gasteiger charge is 2.50. The van der Waals surface area contributed by atoms with Crippen molar-refractivity contribution >= 4 is 18.4 Å². The van der Waals surface area contributed by atoms with Crippen molar-refractivity contribution in [2.75, 3.05) is 20.3 Å². The fourth-order valence-electron chi connectivity index (χ4n) is 3.61. The molecule has 0 bridgehead atoms.